The molecule has 2 rings (SSSR count). The number of rotatable bonds is 5. The van der Waals surface area contributed by atoms with E-state index in [1.54, 1.807) is 24.3 Å². The van der Waals surface area contributed by atoms with Crippen molar-refractivity contribution in [3.8, 4) is 0 Å². The fraction of sp³-hybridized carbons (Fsp3) is 0.133. The number of benzene rings is 2. The Bertz CT molecular complexity index is 756. The largest absolute Gasteiger partial charge is 0.298 e. The zero-order valence-electron chi connectivity index (χ0n) is 10.9. The van der Waals surface area contributed by atoms with E-state index in [2.05, 4.69) is 0 Å². The molecule has 3 nitrogen and oxygen atoms in total. The molecule has 0 aliphatic carbocycles. The summed E-state index contributed by atoms with van der Waals surface area (Å²) >= 11 is 11.7. The van der Waals surface area contributed by atoms with Gasteiger partial charge < -0.3 is 0 Å². The number of sulfone groups is 1. The molecular weight excluding hydrogens is 331 g/mol. The minimum atomic E-state index is -3.80. The molecule has 21 heavy (non-hydrogen) atoms. The number of hydrogen-bond donors (Lipinski definition) is 0. The molecule has 2 aromatic carbocycles. The van der Waals surface area contributed by atoms with Crippen LogP contribution in [-0.4, -0.2) is 20.0 Å². The minimum absolute atomic E-state index is 0.0620. The zero-order valence-corrected chi connectivity index (χ0v) is 13.3. The summed E-state index contributed by atoms with van der Waals surface area (Å²) in [5, 5.41) is 0.320. The first-order valence-corrected chi connectivity index (χ1v) is 8.53. The molecular formula is C15H12Cl2O3S. The van der Waals surface area contributed by atoms with Gasteiger partial charge in [0.25, 0.3) is 0 Å². The third-order valence-corrected chi connectivity index (χ3v) is 5.21. The van der Waals surface area contributed by atoms with Crippen LogP contribution in [0.5, 0.6) is 0 Å². The normalized spacial score (nSPS) is 11.3. The molecule has 0 aliphatic rings. The fourth-order valence-corrected chi connectivity index (χ4v) is 3.94. The highest BCUT2D eigenvalue weighted by Crippen LogP contribution is 2.26. The van der Waals surface area contributed by atoms with Crippen molar-refractivity contribution >= 4 is 38.8 Å². The molecule has 0 aliphatic heterocycles. The highest BCUT2D eigenvalue weighted by atomic mass is 35.5. The van der Waals surface area contributed by atoms with Crippen molar-refractivity contribution < 1.29 is 13.2 Å². The van der Waals surface area contributed by atoms with Crippen LogP contribution in [0, 0.1) is 0 Å². The molecule has 0 bridgehead atoms. The summed E-state index contributed by atoms with van der Waals surface area (Å²) < 4.78 is 24.5. The number of ketones is 1. The Balaban J connectivity index is 2.18. The van der Waals surface area contributed by atoms with E-state index >= 15 is 0 Å². The molecule has 0 amide bonds. The van der Waals surface area contributed by atoms with Gasteiger partial charge in [0.2, 0.25) is 0 Å². The van der Waals surface area contributed by atoms with E-state index in [1.807, 2.05) is 6.07 Å². The predicted molar refractivity (Wildman–Crippen MR) is 83.7 cm³/mol. The topological polar surface area (TPSA) is 51.2 Å². The second-order valence-electron chi connectivity index (χ2n) is 4.53. The molecule has 0 aromatic heterocycles. The number of carbonyl (C=O) groups is 1. The van der Waals surface area contributed by atoms with Crippen molar-refractivity contribution in [2.75, 3.05) is 5.75 Å². The first-order chi connectivity index (χ1) is 9.88. The van der Waals surface area contributed by atoms with Gasteiger partial charge >= 0.3 is 0 Å². The Labute approximate surface area is 133 Å². The number of halogens is 2. The van der Waals surface area contributed by atoms with Crippen LogP contribution >= 0.6 is 23.2 Å². The lowest BCUT2D eigenvalue weighted by Gasteiger charge is -2.07. The fourth-order valence-electron chi connectivity index (χ4n) is 1.88. The van der Waals surface area contributed by atoms with Crippen LogP contribution < -0.4 is 0 Å². The van der Waals surface area contributed by atoms with Crippen LogP contribution in [0.4, 0.5) is 0 Å². The van der Waals surface area contributed by atoms with Gasteiger partial charge in [0.1, 0.15) is 5.75 Å². The highest BCUT2D eigenvalue weighted by Gasteiger charge is 2.22. The third-order valence-electron chi connectivity index (χ3n) is 2.82. The van der Waals surface area contributed by atoms with Gasteiger partial charge in [-0.25, -0.2) is 8.42 Å². The summed E-state index contributed by atoms with van der Waals surface area (Å²) in [6.45, 7) is 0. The summed E-state index contributed by atoms with van der Waals surface area (Å²) in [7, 11) is -3.80. The maximum atomic E-state index is 12.2. The SMILES string of the molecule is O=C(Cc1ccccc1)CS(=O)(=O)c1cc(Cl)ccc1Cl. The summed E-state index contributed by atoms with van der Waals surface area (Å²) in [5.74, 6) is -0.987. The molecule has 0 fully saturated rings. The lowest BCUT2D eigenvalue weighted by molar-refractivity contribution is -0.116. The molecule has 0 N–H and O–H groups in total. The Kier molecular flexibility index (Phi) is 5.04. The van der Waals surface area contributed by atoms with Crippen LogP contribution in [0.3, 0.4) is 0 Å². The summed E-state index contributed by atoms with van der Waals surface area (Å²) in [6, 6.07) is 13.1. The van der Waals surface area contributed by atoms with E-state index in [9.17, 15) is 13.2 Å². The number of hydrogen-bond acceptors (Lipinski definition) is 3. The standard InChI is InChI=1S/C15H12Cl2O3S/c16-12-6-7-14(17)15(9-12)21(19,20)10-13(18)8-11-4-2-1-3-5-11/h1-7,9H,8,10H2. The molecule has 6 heteroatoms. The van der Waals surface area contributed by atoms with Crippen molar-refractivity contribution in [2.45, 2.75) is 11.3 Å². The molecule has 0 radical (unpaired) electrons. The van der Waals surface area contributed by atoms with E-state index in [4.69, 9.17) is 23.2 Å². The molecule has 110 valence electrons. The average Bonchev–Trinajstić information content (AvgIpc) is 2.41. The number of Topliss-reactive ketones (excluding diaryl/α,β-unsaturated/α-hetero) is 1. The Morgan fingerprint density at radius 1 is 1.00 bits per heavy atom. The second-order valence-corrected chi connectivity index (χ2v) is 7.34. The molecule has 0 atom stereocenters. The van der Waals surface area contributed by atoms with E-state index in [-0.39, 0.29) is 21.4 Å². The average molecular weight is 343 g/mol. The highest BCUT2D eigenvalue weighted by molar-refractivity contribution is 7.92. The third kappa shape index (κ3) is 4.30. The van der Waals surface area contributed by atoms with Crippen molar-refractivity contribution in [1.82, 2.24) is 0 Å². The smallest absolute Gasteiger partial charge is 0.186 e. The molecule has 0 saturated carbocycles. The van der Waals surface area contributed by atoms with Gasteiger partial charge in [-0.15, -0.1) is 0 Å². The van der Waals surface area contributed by atoms with E-state index < -0.39 is 21.4 Å². The first-order valence-electron chi connectivity index (χ1n) is 6.12. The van der Waals surface area contributed by atoms with E-state index in [0.717, 1.165) is 5.56 Å². The first kappa shape index (κ1) is 16.0. The molecule has 0 spiro atoms. The molecule has 0 heterocycles. The van der Waals surface area contributed by atoms with Gasteiger partial charge in [-0.05, 0) is 23.8 Å². The van der Waals surface area contributed by atoms with Crippen LogP contribution in [0.15, 0.2) is 53.4 Å². The number of carbonyl (C=O) groups excluding carboxylic acids is 1. The summed E-state index contributed by atoms with van der Waals surface area (Å²) in [4.78, 5) is 11.8. The van der Waals surface area contributed by atoms with E-state index in [1.165, 1.54) is 18.2 Å². The van der Waals surface area contributed by atoms with Crippen molar-refractivity contribution in [3.05, 3.63) is 64.1 Å². The monoisotopic (exact) mass is 342 g/mol. The Morgan fingerprint density at radius 2 is 1.67 bits per heavy atom. The lowest BCUT2D eigenvalue weighted by atomic mass is 10.1. The summed E-state index contributed by atoms with van der Waals surface area (Å²) in [5.41, 5.74) is 0.773. The zero-order chi connectivity index (χ0) is 15.5. The van der Waals surface area contributed by atoms with Crippen LogP contribution in [0.25, 0.3) is 0 Å². The molecule has 0 saturated heterocycles. The Hall–Kier alpha value is -1.36. The van der Waals surface area contributed by atoms with Crippen LogP contribution in [-0.2, 0) is 21.1 Å². The van der Waals surface area contributed by atoms with Gasteiger partial charge in [-0.3, -0.25) is 4.79 Å². The lowest BCUT2D eigenvalue weighted by Crippen LogP contribution is -2.18. The predicted octanol–water partition coefficient (Wildman–Crippen LogP) is 3.58. The van der Waals surface area contributed by atoms with Crippen molar-refractivity contribution in [3.63, 3.8) is 0 Å². The van der Waals surface area contributed by atoms with Gasteiger partial charge in [-0.2, -0.15) is 0 Å². The van der Waals surface area contributed by atoms with Gasteiger partial charge in [0, 0.05) is 11.4 Å². The van der Waals surface area contributed by atoms with Crippen LogP contribution in [0.1, 0.15) is 5.56 Å². The Morgan fingerprint density at radius 3 is 2.33 bits per heavy atom. The van der Waals surface area contributed by atoms with Crippen molar-refractivity contribution in [2.24, 2.45) is 0 Å². The second kappa shape index (κ2) is 6.60. The molecule has 2 aromatic rings. The minimum Gasteiger partial charge on any atom is -0.298 e. The van der Waals surface area contributed by atoms with Gasteiger partial charge in [0.05, 0.1) is 9.92 Å². The summed E-state index contributed by atoms with van der Waals surface area (Å²) in [6.07, 6.45) is 0.0677. The maximum absolute atomic E-state index is 12.2. The van der Waals surface area contributed by atoms with Gasteiger partial charge in [0.15, 0.2) is 15.6 Å². The quantitative estimate of drug-likeness (QED) is 0.834. The van der Waals surface area contributed by atoms with Crippen LogP contribution in [0.2, 0.25) is 10.0 Å². The molecule has 0 unspecified atom stereocenters. The van der Waals surface area contributed by atoms with Crippen molar-refractivity contribution in [1.29, 1.82) is 0 Å². The van der Waals surface area contributed by atoms with E-state index in [0.29, 0.717) is 0 Å². The van der Waals surface area contributed by atoms with Gasteiger partial charge in [-0.1, -0.05) is 53.5 Å². The maximum Gasteiger partial charge on any atom is 0.186 e.